The minimum atomic E-state index is 0.876. The van der Waals surface area contributed by atoms with Gasteiger partial charge in [0.15, 0.2) is 0 Å². The van der Waals surface area contributed by atoms with Crippen LogP contribution in [0.5, 0.6) is 0 Å². The second kappa shape index (κ2) is 4.39. The first-order valence-electron chi connectivity index (χ1n) is 4.56. The molecular formula is C10H13N3S. The van der Waals surface area contributed by atoms with Crippen molar-refractivity contribution in [3.05, 3.63) is 40.6 Å². The van der Waals surface area contributed by atoms with Gasteiger partial charge in [0.05, 0.1) is 6.54 Å². The van der Waals surface area contributed by atoms with E-state index < -0.39 is 0 Å². The first-order valence-corrected chi connectivity index (χ1v) is 5.44. The molecule has 0 amide bonds. The van der Waals surface area contributed by atoms with Gasteiger partial charge in [-0.1, -0.05) is 0 Å². The number of hydrogen-bond donors (Lipinski definition) is 1. The van der Waals surface area contributed by atoms with Crippen molar-refractivity contribution in [2.45, 2.75) is 13.1 Å². The largest absolute Gasteiger partial charge is 0.347 e. The Morgan fingerprint density at radius 3 is 3.21 bits per heavy atom. The molecule has 0 spiro atoms. The second-order valence-corrected chi connectivity index (χ2v) is 4.13. The summed E-state index contributed by atoms with van der Waals surface area (Å²) in [5, 5.41) is 6.29. The van der Waals surface area contributed by atoms with Crippen LogP contribution in [0.25, 0.3) is 0 Å². The molecule has 0 radical (unpaired) electrons. The summed E-state index contributed by atoms with van der Waals surface area (Å²) in [6, 6.07) is 2.13. The van der Waals surface area contributed by atoms with Crippen LogP contribution in [0.1, 0.15) is 10.6 Å². The molecule has 2 heterocycles. The molecule has 0 bridgehead atoms. The average molecular weight is 207 g/mol. The smallest absolute Gasteiger partial charge is 0.112 e. The van der Waals surface area contributed by atoms with Gasteiger partial charge in [0.2, 0.25) is 0 Å². The van der Waals surface area contributed by atoms with Crippen LogP contribution in [0, 0.1) is 0 Å². The zero-order valence-electron chi connectivity index (χ0n) is 8.10. The average Bonchev–Trinajstić information content (AvgIpc) is 2.79. The van der Waals surface area contributed by atoms with Crippen LogP contribution in [0.3, 0.4) is 0 Å². The SMILES string of the molecule is CNCc1ccn(Cc2nccs2)c1. The van der Waals surface area contributed by atoms with E-state index in [-0.39, 0.29) is 0 Å². The van der Waals surface area contributed by atoms with Gasteiger partial charge in [0, 0.05) is 30.5 Å². The van der Waals surface area contributed by atoms with Gasteiger partial charge >= 0.3 is 0 Å². The molecule has 0 saturated heterocycles. The van der Waals surface area contributed by atoms with Crippen molar-refractivity contribution in [2.75, 3.05) is 7.05 Å². The zero-order valence-corrected chi connectivity index (χ0v) is 8.92. The lowest BCUT2D eigenvalue weighted by Gasteiger charge is -1.98. The predicted octanol–water partition coefficient (Wildman–Crippen LogP) is 1.71. The summed E-state index contributed by atoms with van der Waals surface area (Å²) in [5.41, 5.74) is 1.31. The summed E-state index contributed by atoms with van der Waals surface area (Å²) in [6.07, 6.45) is 6.09. The van der Waals surface area contributed by atoms with Crippen LogP contribution >= 0.6 is 11.3 Å². The van der Waals surface area contributed by atoms with Gasteiger partial charge in [0.25, 0.3) is 0 Å². The van der Waals surface area contributed by atoms with Crippen molar-refractivity contribution in [1.29, 1.82) is 0 Å². The summed E-state index contributed by atoms with van der Waals surface area (Å²) in [4.78, 5) is 4.25. The summed E-state index contributed by atoms with van der Waals surface area (Å²) in [6.45, 7) is 1.80. The minimum Gasteiger partial charge on any atom is -0.347 e. The highest BCUT2D eigenvalue weighted by Gasteiger charge is 1.98. The first kappa shape index (κ1) is 9.43. The normalized spacial score (nSPS) is 10.6. The van der Waals surface area contributed by atoms with E-state index in [0.717, 1.165) is 18.1 Å². The standard InChI is InChI=1S/C10H13N3S/c1-11-6-9-2-4-13(7-9)8-10-12-3-5-14-10/h2-5,7,11H,6,8H2,1H3. The van der Waals surface area contributed by atoms with Gasteiger partial charge < -0.3 is 9.88 Å². The number of rotatable bonds is 4. The van der Waals surface area contributed by atoms with Gasteiger partial charge in [0.1, 0.15) is 5.01 Å². The number of nitrogens with one attached hydrogen (secondary N) is 1. The van der Waals surface area contributed by atoms with Gasteiger partial charge in [-0.15, -0.1) is 11.3 Å². The molecule has 0 aliphatic rings. The molecule has 2 aromatic rings. The zero-order chi connectivity index (χ0) is 9.80. The molecule has 0 fully saturated rings. The fourth-order valence-electron chi connectivity index (χ4n) is 1.38. The highest BCUT2D eigenvalue weighted by atomic mass is 32.1. The Kier molecular flexibility index (Phi) is 2.96. The van der Waals surface area contributed by atoms with E-state index in [1.807, 2.05) is 18.6 Å². The molecular weight excluding hydrogens is 194 g/mol. The summed E-state index contributed by atoms with van der Waals surface area (Å²) in [5.74, 6) is 0. The van der Waals surface area contributed by atoms with E-state index >= 15 is 0 Å². The van der Waals surface area contributed by atoms with Crippen molar-refractivity contribution >= 4 is 11.3 Å². The maximum absolute atomic E-state index is 4.25. The topological polar surface area (TPSA) is 29.9 Å². The molecule has 0 aliphatic carbocycles. The van der Waals surface area contributed by atoms with Crippen molar-refractivity contribution in [3.8, 4) is 0 Å². The molecule has 2 rings (SSSR count). The summed E-state index contributed by atoms with van der Waals surface area (Å²) in [7, 11) is 1.96. The van der Waals surface area contributed by atoms with Crippen LogP contribution < -0.4 is 5.32 Å². The molecule has 0 saturated carbocycles. The fraction of sp³-hybridized carbons (Fsp3) is 0.300. The van der Waals surface area contributed by atoms with Crippen molar-refractivity contribution in [3.63, 3.8) is 0 Å². The van der Waals surface area contributed by atoms with Gasteiger partial charge in [-0.25, -0.2) is 4.98 Å². The Morgan fingerprint density at radius 1 is 1.57 bits per heavy atom. The molecule has 14 heavy (non-hydrogen) atoms. The molecule has 74 valence electrons. The van der Waals surface area contributed by atoms with Crippen molar-refractivity contribution in [1.82, 2.24) is 14.9 Å². The molecule has 0 unspecified atom stereocenters. The van der Waals surface area contributed by atoms with E-state index in [1.54, 1.807) is 11.3 Å². The van der Waals surface area contributed by atoms with Crippen LogP contribution in [0.2, 0.25) is 0 Å². The Bertz CT molecular complexity index is 378. The number of hydrogen-bond acceptors (Lipinski definition) is 3. The minimum absolute atomic E-state index is 0.876. The van der Waals surface area contributed by atoms with Gasteiger partial charge in [-0.05, 0) is 18.7 Å². The third-order valence-corrected chi connectivity index (χ3v) is 2.76. The van der Waals surface area contributed by atoms with E-state index in [4.69, 9.17) is 0 Å². The molecule has 3 nitrogen and oxygen atoms in total. The Balaban J connectivity index is 2.03. The lowest BCUT2D eigenvalue weighted by atomic mass is 10.3. The monoisotopic (exact) mass is 207 g/mol. The van der Waals surface area contributed by atoms with E-state index in [0.29, 0.717) is 0 Å². The van der Waals surface area contributed by atoms with Gasteiger partial charge in [-0.2, -0.15) is 0 Å². The summed E-state index contributed by atoms with van der Waals surface area (Å²) < 4.78 is 2.16. The number of thiazole rings is 1. The summed E-state index contributed by atoms with van der Waals surface area (Å²) >= 11 is 1.69. The maximum Gasteiger partial charge on any atom is 0.112 e. The molecule has 1 N–H and O–H groups in total. The predicted molar refractivity (Wildman–Crippen MR) is 58.4 cm³/mol. The molecule has 2 aromatic heterocycles. The van der Waals surface area contributed by atoms with Crippen LogP contribution in [-0.4, -0.2) is 16.6 Å². The maximum atomic E-state index is 4.25. The molecule has 4 heteroatoms. The van der Waals surface area contributed by atoms with Crippen molar-refractivity contribution in [2.24, 2.45) is 0 Å². The molecule has 0 aromatic carbocycles. The molecule has 0 atom stereocenters. The van der Waals surface area contributed by atoms with E-state index in [1.165, 1.54) is 5.56 Å². The first-order chi connectivity index (χ1) is 6.88. The highest BCUT2D eigenvalue weighted by molar-refractivity contribution is 7.09. The Labute approximate surface area is 87.4 Å². The lowest BCUT2D eigenvalue weighted by Crippen LogP contribution is -2.04. The number of nitrogens with zero attached hydrogens (tertiary/aromatic N) is 2. The van der Waals surface area contributed by atoms with Crippen LogP contribution in [0.4, 0.5) is 0 Å². The quantitative estimate of drug-likeness (QED) is 0.827. The third kappa shape index (κ3) is 2.21. The number of aromatic nitrogens is 2. The Morgan fingerprint density at radius 2 is 2.50 bits per heavy atom. The third-order valence-electron chi connectivity index (χ3n) is 1.99. The molecule has 0 aliphatic heterocycles. The van der Waals surface area contributed by atoms with Crippen molar-refractivity contribution < 1.29 is 0 Å². The fourth-order valence-corrected chi connectivity index (χ4v) is 2.01. The van der Waals surface area contributed by atoms with Crippen LogP contribution in [0.15, 0.2) is 30.0 Å². The van der Waals surface area contributed by atoms with Gasteiger partial charge in [-0.3, -0.25) is 0 Å². The second-order valence-electron chi connectivity index (χ2n) is 3.15. The van der Waals surface area contributed by atoms with E-state index in [9.17, 15) is 0 Å². The van der Waals surface area contributed by atoms with E-state index in [2.05, 4.69) is 33.3 Å². The van der Waals surface area contributed by atoms with Crippen LogP contribution in [-0.2, 0) is 13.1 Å². The highest BCUT2D eigenvalue weighted by Crippen LogP contribution is 2.08. The Hall–Kier alpha value is -1.13. The lowest BCUT2D eigenvalue weighted by molar-refractivity contribution is 0.778.